The van der Waals surface area contributed by atoms with E-state index in [-0.39, 0.29) is 0 Å². The van der Waals surface area contributed by atoms with Crippen molar-refractivity contribution in [3.05, 3.63) is 181 Å². The van der Waals surface area contributed by atoms with Crippen LogP contribution >= 0.6 is 0 Å². The Bertz CT molecular complexity index is 2280. The number of benzene rings is 8. The number of anilines is 6. The maximum absolute atomic E-state index is 2.38. The number of hydrogen-bond donors (Lipinski definition) is 0. The SMILES string of the molecule is Cc1ccc(N(c2ccc(N(c3ccc4ccccc4c3)c3cccc4ccccc34)cc2)c2ccc3ccccc3c2)cc1. The van der Waals surface area contributed by atoms with Crippen molar-refractivity contribution >= 4 is 66.4 Å². The molecule has 0 saturated heterocycles. The minimum atomic E-state index is 1.10. The quantitative estimate of drug-likeness (QED) is 0.194. The molecule has 0 N–H and O–H groups in total. The van der Waals surface area contributed by atoms with Crippen LogP contribution in [0.15, 0.2) is 176 Å². The van der Waals surface area contributed by atoms with Crippen LogP contribution in [0, 0.1) is 6.92 Å². The summed E-state index contributed by atoms with van der Waals surface area (Å²) in [6, 6.07) is 63.5. The average molecular weight is 577 g/mol. The molecule has 0 unspecified atom stereocenters. The number of aryl methyl sites for hydroxylation is 1. The van der Waals surface area contributed by atoms with Gasteiger partial charge in [-0.25, -0.2) is 0 Å². The molecule has 0 fully saturated rings. The Morgan fingerprint density at radius 1 is 0.311 bits per heavy atom. The second-order valence-corrected chi connectivity index (χ2v) is 11.6. The van der Waals surface area contributed by atoms with Crippen LogP contribution in [0.2, 0.25) is 0 Å². The summed E-state index contributed by atoms with van der Waals surface area (Å²) in [7, 11) is 0. The molecule has 0 bridgehead atoms. The topological polar surface area (TPSA) is 6.48 Å². The van der Waals surface area contributed by atoms with Gasteiger partial charge in [0.25, 0.3) is 0 Å². The third kappa shape index (κ3) is 5.07. The van der Waals surface area contributed by atoms with Crippen molar-refractivity contribution in [2.45, 2.75) is 6.92 Å². The van der Waals surface area contributed by atoms with Crippen LogP contribution in [0.3, 0.4) is 0 Å². The number of rotatable bonds is 6. The Morgan fingerprint density at radius 3 is 1.33 bits per heavy atom. The van der Waals surface area contributed by atoms with Gasteiger partial charge in [-0.05, 0) is 101 Å². The molecule has 0 radical (unpaired) electrons. The predicted octanol–water partition coefficient (Wildman–Crippen LogP) is 12.4. The summed E-state index contributed by atoms with van der Waals surface area (Å²) in [5.74, 6) is 0. The number of fused-ring (bicyclic) bond motifs is 3. The van der Waals surface area contributed by atoms with Gasteiger partial charge in [-0.15, -0.1) is 0 Å². The minimum Gasteiger partial charge on any atom is -0.310 e. The molecule has 8 aromatic carbocycles. The summed E-state index contributed by atoms with van der Waals surface area (Å²) >= 11 is 0. The van der Waals surface area contributed by atoms with Gasteiger partial charge in [0.15, 0.2) is 0 Å². The lowest BCUT2D eigenvalue weighted by Crippen LogP contribution is -2.12. The summed E-state index contributed by atoms with van der Waals surface area (Å²) in [6.45, 7) is 2.13. The Morgan fingerprint density at radius 2 is 0.733 bits per heavy atom. The molecule has 45 heavy (non-hydrogen) atoms. The van der Waals surface area contributed by atoms with E-state index in [0.29, 0.717) is 0 Å². The number of hydrogen-bond acceptors (Lipinski definition) is 2. The molecule has 2 nitrogen and oxygen atoms in total. The maximum Gasteiger partial charge on any atom is 0.0540 e. The molecule has 0 spiro atoms. The molecule has 0 aliphatic rings. The maximum atomic E-state index is 2.38. The van der Waals surface area contributed by atoms with E-state index in [1.165, 1.54) is 37.9 Å². The number of nitrogens with zero attached hydrogens (tertiary/aromatic N) is 2. The molecule has 0 aromatic heterocycles. The van der Waals surface area contributed by atoms with E-state index in [1.54, 1.807) is 0 Å². The molecule has 2 heteroatoms. The fraction of sp³-hybridized carbons (Fsp3) is 0.0233. The first-order valence-corrected chi connectivity index (χ1v) is 15.4. The van der Waals surface area contributed by atoms with Crippen molar-refractivity contribution in [1.82, 2.24) is 0 Å². The van der Waals surface area contributed by atoms with E-state index in [1.807, 2.05) is 0 Å². The smallest absolute Gasteiger partial charge is 0.0540 e. The summed E-state index contributed by atoms with van der Waals surface area (Å²) in [5.41, 5.74) is 7.99. The highest BCUT2D eigenvalue weighted by Gasteiger charge is 2.18. The van der Waals surface area contributed by atoms with E-state index in [9.17, 15) is 0 Å². The fourth-order valence-corrected chi connectivity index (χ4v) is 6.35. The van der Waals surface area contributed by atoms with Crippen molar-refractivity contribution in [2.24, 2.45) is 0 Å². The Kier molecular flexibility index (Phi) is 6.73. The lowest BCUT2D eigenvalue weighted by molar-refractivity contribution is 1.26. The van der Waals surface area contributed by atoms with Crippen molar-refractivity contribution in [3.8, 4) is 0 Å². The summed E-state index contributed by atoms with van der Waals surface area (Å²) < 4.78 is 0. The average Bonchev–Trinajstić information content (AvgIpc) is 3.10. The van der Waals surface area contributed by atoms with Crippen LogP contribution < -0.4 is 9.80 Å². The third-order valence-corrected chi connectivity index (χ3v) is 8.65. The van der Waals surface area contributed by atoms with Gasteiger partial charge in [0.2, 0.25) is 0 Å². The first-order valence-electron chi connectivity index (χ1n) is 15.4. The molecule has 0 heterocycles. The van der Waals surface area contributed by atoms with Crippen LogP contribution in [0.4, 0.5) is 34.1 Å². The van der Waals surface area contributed by atoms with Gasteiger partial charge in [0.05, 0.1) is 5.69 Å². The van der Waals surface area contributed by atoms with Gasteiger partial charge in [-0.1, -0.05) is 115 Å². The van der Waals surface area contributed by atoms with Gasteiger partial charge < -0.3 is 9.80 Å². The summed E-state index contributed by atoms with van der Waals surface area (Å²) in [5, 5.41) is 7.36. The largest absolute Gasteiger partial charge is 0.310 e. The zero-order valence-electron chi connectivity index (χ0n) is 25.1. The molecule has 0 amide bonds. The van der Waals surface area contributed by atoms with Gasteiger partial charge in [0, 0.05) is 33.8 Å². The first kappa shape index (κ1) is 26.7. The van der Waals surface area contributed by atoms with Crippen LogP contribution in [-0.2, 0) is 0 Å². The van der Waals surface area contributed by atoms with Crippen LogP contribution in [0.5, 0.6) is 0 Å². The van der Waals surface area contributed by atoms with Crippen molar-refractivity contribution in [3.63, 3.8) is 0 Å². The van der Waals surface area contributed by atoms with Gasteiger partial charge >= 0.3 is 0 Å². The molecule has 0 aliphatic carbocycles. The molecule has 8 aromatic rings. The van der Waals surface area contributed by atoms with E-state index in [0.717, 1.165) is 34.1 Å². The summed E-state index contributed by atoms with van der Waals surface area (Å²) in [4.78, 5) is 4.72. The fourth-order valence-electron chi connectivity index (χ4n) is 6.35. The first-order chi connectivity index (χ1) is 22.2. The van der Waals surface area contributed by atoms with E-state index in [2.05, 4.69) is 193 Å². The highest BCUT2D eigenvalue weighted by Crippen LogP contribution is 2.42. The monoisotopic (exact) mass is 576 g/mol. The Labute approximate surface area is 264 Å². The molecule has 0 saturated carbocycles. The van der Waals surface area contributed by atoms with E-state index >= 15 is 0 Å². The normalized spacial score (nSPS) is 11.2. The standard InChI is InChI=1S/C43H32N2/c1-31-17-21-37(22-18-31)44(40-23-19-32-9-2-4-12-35(32)29-40)38-25-27-39(28-26-38)45(41-24-20-33-10-3-5-13-36(33)30-41)43-16-8-14-34-11-6-7-15-42(34)43/h2-30H,1H3. The summed E-state index contributed by atoms with van der Waals surface area (Å²) in [6.07, 6.45) is 0. The van der Waals surface area contributed by atoms with Crippen molar-refractivity contribution in [1.29, 1.82) is 0 Å². The van der Waals surface area contributed by atoms with Crippen LogP contribution in [-0.4, -0.2) is 0 Å². The second-order valence-electron chi connectivity index (χ2n) is 11.6. The molecular weight excluding hydrogens is 544 g/mol. The highest BCUT2D eigenvalue weighted by atomic mass is 15.2. The van der Waals surface area contributed by atoms with Crippen molar-refractivity contribution in [2.75, 3.05) is 9.80 Å². The highest BCUT2D eigenvalue weighted by molar-refractivity contribution is 6.00. The Balaban J connectivity index is 1.28. The van der Waals surface area contributed by atoms with Crippen LogP contribution in [0.1, 0.15) is 5.56 Å². The Hall–Kier alpha value is -5.86. The minimum absolute atomic E-state index is 1.10. The zero-order valence-corrected chi connectivity index (χ0v) is 25.1. The second kappa shape index (κ2) is 11.3. The van der Waals surface area contributed by atoms with Crippen LogP contribution in [0.25, 0.3) is 32.3 Å². The zero-order chi connectivity index (χ0) is 30.2. The van der Waals surface area contributed by atoms with Gasteiger partial charge in [0.1, 0.15) is 0 Å². The van der Waals surface area contributed by atoms with E-state index < -0.39 is 0 Å². The van der Waals surface area contributed by atoms with Gasteiger partial charge in [-0.2, -0.15) is 0 Å². The van der Waals surface area contributed by atoms with Crippen molar-refractivity contribution < 1.29 is 0 Å². The molecule has 0 atom stereocenters. The lowest BCUT2D eigenvalue weighted by atomic mass is 10.0. The molecule has 8 rings (SSSR count). The molecule has 214 valence electrons. The molecular formula is C43H32N2. The van der Waals surface area contributed by atoms with E-state index in [4.69, 9.17) is 0 Å². The molecule has 0 aliphatic heterocycles. The third-order valence-electron chi connectivity index (χ3n) is 8.65. The lowest BCUT2D eigenvalue weighted by Gasteiger charge is -2.29. The van der Waals surface area contributed by atoms with Gasteiger partial charge in [-0.3, -0.25) is 0 Å². The predicted molar refractivity (Wildman–Crippen MR) is 193 cm³/mol.